The molecule has 0 spiro atoms. The van der Waals surface area contributed by atoms with Crippen LogP contribution in [0.25, 0.3) is 0 Å². The van der Waals surface area contributed by atoms with Crippen LogP contribution in [0.1, 0.15) is 67.0 Å². The third-order valence-corrected chi connectivity index (χ3v) is 4.69. The summed E-state index contributed by atoms with van der Waals surface area (Å²) in [6, 6.07) is 6.35. The van der Waals surface area contributed by atoms with Crippen molar-refractivity contribution in [3.63, 3.8) is 0 Å². The summed E-state index contributed by atoms with van der Waals surface area (Å²) in [6.45, 7) is 2.50. The van der Waals surface area contributed by atoms with Crippen LogP contribution in [0.15, 0.2) is 22.6 Å². The van der Waals surface area contributed by atoms with Crippen molar-refractivity contribution < 1.29 is 9.15 Å². The molecule has 0 radical (unpaired) electrons. The fourth-order valence-electron chi connectivity index (χ4n) is 3.28. The van der Waals surface area contributed by atoms with Gasteiger partial charge in [-0.05, 0) is 57.4 Å². The second-order valence-electron chi connectivity index (χ2n) is 6.92. The molecule has 2 aromatic heterocycles. The maximum atomic E-state index is 5.99. The fraction of sp³-hybridized carbons (Fsp3) is 0.611. The van der Waals surface area contributed by atoms with Crippen LogP contribution in [-0.4, -0.2) is 28.8 Å². The lowest BCUT2D eigenvalue weighted by molar-refractivity contribution is 0.000904. The van der Waals surface area contributed by atoms with Gasteiger partial charge < -0.3 is 9.15 Å². The minimum atomic E-state index is 0.150. The van der Waals surface area contributed by atoms with Gasteiger partial charge in [-0.15, -0.1) is 0 Å². The minimum Gasteiger partial charge on any atom is -0.462 e. The molecule has 23 heavy (non-hydrogen) atoms. The highest BCUT2D eigenvalue weighted by molar-refractivity contribution is 5.17. The van der Waals surface area contributed by atoms with E-state index in [2.05, 4.69) is 40.3 Å². The van der Waals surface area contributed by atoms with Gasteiger partial charge in [-0.25, -0.2) is 0 Å². The Morgan fingerprint density at radius 2 is 2.13 bits per heavy atom. The van der Waals surface area contributed by atoms with Crippen molar-refractivity contribution in [3.8, 4) is 0 Å². The molecule has 3 heterocycles. The Labute approximate surface area is 137 Å². The van der Waals surface area contributed by atoms with E-state index in [0.717, 1.165) is 37.6 Å². The van der Waals surface area contributed by atoms with Gasteiger partial charge in [-0.1, -0.05) is 0 Å². The molecule has 1 saturated heterocycles. The zero-order valence-electron chi connectivity index (χ0n) is 13.8. The Balaban J connectivity index is 1.32. The number of nitrogens with one attached hydrogen (secondary N) is 1. The minimum absolute atomic E-state index is 0.150. The van der Waals surface area contributed by atoms with Crippen LogP contribution >= 0.6 is 0 Å². The first-order valence-corrected chi connectivity index (χ1v) is 8.71. The second-order valence-corrected chi connectivity index (χ2v) is 6.92. The number of furan rings is 1. The summed E-state index contributed by atoms with van der Waals surface area (Å²) >= 11 is 0. The summed E-state index contributed by atoms with van der Waals surface area (Å²) < 4.78 is 11.8. The zero-order chi connectivity index (χ0) is 15.6. The molecule has 0 bridgehead atoms. The lowest BCUT2D eigenvalue weighted by atomic mass is 10.1. The van der Waals surface area contributed by atoms with Gasteiger partial charge in [0.25, 0.3) is 0 Å². The predicted molar refractivity (Wildman–Crippen MR) is 87.0 cm³/mol. The average molecular weight is 315 g/mol. The van der Waals surface area contributed by atoms with E-state index in [1.165, 1.54) is 37.1 Å². The summed E-state index contributed by atoms with van der Waals surface area (Å²) in [4.78, 5) is 2.24. The monoisotopic (exact) mass is 315 g/mol. The Hall–Kier alpha value is -1.59. The van der Waals surface area contributed by atoms with E-state index in [-0.39, 0.29) is 6.10 Å². The molecule has 2 aliphatic rings. The third-order valence-electron chi connectivity index (χ3n) is 4.69. The third kappa shape index (κ3) is 3.67. The first kappa shape index (κ1) is 15.0. The smallest absolute Gasteiger partial charge is 0.133 e. The summed E-state index contributed by atoms with van der Waals surface area (Å²) in [6.07, 6.45) is 6.19. The number of rotatable bonds is 6. The van der Waals surface area contributed by atoms with Crippen molar-refractivity contribution in [1.29, 1.82) is 0 Å². The van der Waals surface area contributed by atoms with Crippen LogP contribution in [0.2, 0.25) is 0 Å². The fourth-order valence-corrected chi connectivity index (χ4v) is 3.28. The summed E-state index contributed by atoms with van der Waals surface area (Å²) in [5.41, 5.74) is 2.40. The number of aromatic amines is 1. The van der Waals surface area contributed by atoms with Crippen LogP contribution in [0.5, 0.6) is 0 Å². The van der Waals surface area contributed by atoms with Gasteiger partial charge in [-0.2, -0.15) is 5.10 Å². The molecule has 2 fully saturated rings. The van der Waals surface area contributed by atoms with Crippen LogP contribution in [0, 0.1) is 0 Å². The van der Waals surface area contributed by atoms with E-state index in [1.54, 1.807) is 0 Å². The van der Waals surface area contributed by atoms with Gasteiger partial charge in [0.1, 0.15) is 17.6 Å². The SMILES string of the molecule is CN(Cc1cc(C2CC2)n[nH]1)Cc1ccc(C2CCCCO2)o1. The molecule has 1 unspecified atom stereocenters. The second kappa shape index (κ2) is 6.49. The normalized spacial score (nSPS) is 21.9. The zero-order valence-corrected chi connectivity index (χ0v) is 13.8. The summed E-state index contributed by atoms with van der Waals surface area (Å²) in [5.74, 6) is 2.68. The molecule has 1 saturated carbocycles. The van der Waals surface area contributed by atoms with Crippen molar-refractivity contribution in [2.24, 2.45) is 0 Å². The van der Waals surface area contributed by atoms with Crippen LogP contribution in [-0.2, 0) is 17.8 Å². The number of ether oxygens (including phenoxy) is 1. The summed E-state index contributed by atoms with van der Waals surface area (Å²) in [7, 11) is 2.11. The van der Waals surface area contributed by atoms with Crippen LogP contribution in [0.3, 0.4) is 0 Å². The van der Waals surface area contributed by atoms with E-state index in [0.29, 0.717) is 5.92 Å². The van der Waals surface area contributed by atoms with Crippen molar-refractivity contribution in [2.75, 3.05) is 13.7 Å². The molecule has 1 aliphatic heterocycles. The Morgan fingerprint density at radius 3 is 2.91 bits per heavy atom. The van der Waals surface area contributed by atoms with E-state index in [1.807, 2.05) is 0 Å². The van der Waals surface area contributed by atoms with Gasteiger partial charge in [0.05, 0.1) is 12.2 Å². The molecule has 4 rings (SSSR count). The molecule has 0 amide bonds. The van der Waals surface area contributed by atoms with E-state index in [4.69, 9.17) is 9.15 Å². The van der Waals surface area contributed by atoms with E-state index in [9.17, 15) is 0 Å². The van der Waals surface area contributed by atoms with Gasteiger partial charge in [-0.3, -0.25) is 10.00 Å². The predicted octanol–water partition coefficient (Wildman–Crippen LogP) is 3.75. The highest BCUT2D eigenvalue weighted by Crippen LogP contribution is 2.39. The van der Waals surface area contributed by atoms with Crippen molar-refractivity contribution in [2.45, 2.75) is 57.2 Å². The molecule has 0 aromatic carbocycles. The Kier molecular flexibility index (Phi) is 4.23. The van der Waals surface area contributed by atoms with Gasteiger partial charge in [0.15, 0.2) is 0 Å². The average Bonchev–Trinajstić information content (AvgIpc) is 3.14. The molecule has 5 heteroatoms. The molecule has 1 aliphatic carbocycles. The topological polar surface area (TPSA) is 54.3 Å². The van der Waals surface area contributed by atoms with E-state index >= 15 is 0 Å². The van der Waals surface area contributed by atoms with Crippen molar-refractivity contribution >= 4 is 0 Å². The Morgan fingerprint density at radius 1 is 1.22 bits per heavy atom. The molecule has 2 aromatic rings. The largest absolute Gasteiger partial charge is 0.462 e. The Bertz CT molecular complexity index is 638. The molecule has 5 nitrogen and oxygen atoms in total. The van der Waals surface area contributed by atoms with E-state index < -0.39 is 0 Å². The standard InChI is InChI=1S/C18H25N3O2/c1-21(11-14-10-16(20-19-14)13-5-6-13)12-15-7-8-18(23-15)17-4-2-3-9-22-17/h7-8,10,13,17H,2-6,9,11-12H2,1H3,(H,19,20). The molecule has 1 N–H and O–H groups in total. The lowest BCUT2D eigenvalue weighted by Crippen LogP contribution is -2.17. The molecular formula is C18H25N3O2. The van der Waals surface area contributed by atoms with Gasteiger partial charge in [0, 0.05) is 24.8 Å². The number of nitrogens with zero attached hydrogens (tertiary/aromatic N) is 2. The highest BCUT2D eigenvalue weighted by Gasteiger charge is 2.26. The number of H-pyrrole nitrogens is 1. The molecular weight excluding hydrogens is 290 g/mol. The number of hydrogen-bond donors (Lipinski definition) is 1. The van der Waals surface area contributed by atoms with Gasteiger partial charge in [0.2, 0.25) is 0 Å². The highest BCUT2D eigenvalue weighted by atomic mass is 16.5. The van der Waals surface area contributed by atoms with Crippen LogP contribution in [0.4, 0.5) is 0 Å². The maximum Gasteiger partial charge on any atom is 0.133 e. The van der Waals surface area contributed by atoms with Gasteiger partial charge >= 0.3 is 0 Å². The van der Waals surface area contributed by atoms with Crippen LogP contribution < -0.4 is 0 Å². The quantitative estimate of drug-likeness (QED) is 0.882. The van der Waals surface area contributed by atoms with Crippen molar-refractivity contribution in [1.82, 2.24) is 15.1 Å². The first-order chi connectivity index (χ1) is 11.3. The maximum absolute atomic E-state index is 5.99. The molecule has 1 atom stereocenters. The number of hydrogen-bond acceptors (Lipinski definition) is 4. The first-order valence-electron chi connectivity index (χ1n) is 8.71. The lowest BCUT2D eigenvalue weighted by Gasteiger charge is -2.20. The molecule has 124 valence electrons. The number of aromatic nitrogens is 2. The summed E-state index contributed by atoms with van der Waals surface area (Å²) in [5, 5.41) is 7.57. The van der Waals surface area contributed by atoms with Crippen molar-refractivity contribution in [3.05, 3.63) is 41.1 Å².